The van der Waals surface area contributed by atoms with Gasteiger partial charge in [0.15, 0.2) is 0 Å². The van der Waals surface area contributed by atoms with Crippen LogP contribution >= 0.6 is 0 Å². The zero-order chi connectivity index (χ0) is 17.1. The van der Waals surface area contributed by atoms with Crippen LogP contribution in [0.4, 0.5) is 0 Å². The van der Waals surface area contributed by atoms with Crippen LogP contribution in [0.25, 0.3) is 0 Å². The molecule has 0 saturated heterocycles. The van der Waals surface area contributed by atoms with Crippen molar-refractivity contribution in [2.75, 3.05) is 6.54 Å². The first-order chi connectivity index (χ1) is 10.8. The van der Waals surface area contributed by atoms with Gasteiger partial charge in [0.25, 0.3) is 5.91 Å². The van der Waals surface area contributed by atoms with Gasteiger partial charge in [0.1, 0.15) is 5.82 Å². The number of hydrogen-bond acceptors (Lipinski definition) is 4. The molecule has 1 aromatic rings. The molecule has 1 heterocycles. The number of carbonyl (C=O) groups excluding carboxylic acids is 1. The van der Waals surface area contributed by atoms with E-state index in [4.69, 9.17) is 0 Å². The van der Waals surface area contributed by atoms with Gasteiger partial charge in [-0.3, -0.25) is 9.36 Å². The van der Waals surface area contributed by atoms with Crippen LogP contribution in [0, 0.1) is 23.7 Å². The summed E-state index contributed by atoms with van der Waals surface area (Å²) in [6.07, 6.45) is 0.710. The SMILES string of the molecule is CC(C)C#CC(=O)NC[C@H]1C[C@H](c2nn(C)c(=O)n2C)C[C@H]1O. The van der Waals surface area contributed by atoms with Crippen molar-refractivity contribution in [2.24, 2.45) is 25.9 Å². The van der Waals surface area contributed by atoms with Crippen molar-refractivity contribution in [3.05, 3.63) is 16.3 Å². The summed E-state index contributed by atoms with van der Waals surface area (Å²) >= 11 is 0. The maximum absolute atomic E-state index is 11.8. The van der Waals surface area contributed by atoms with Crippen molar-refractivity contribution in [1.29, 1.82) is 0 Å². The normalized spacial score (nSPS) is 23.7. The van der Waals surface area contributed by atoms with Crippen LogP contribution in [-0.4, -0.2) is 38.0 Å². The second-order valence-corrected chi connectivity index (χ2v) is 6.45. The largest absolute Gasteiger partial charge is 0.393 e. The zero-order valence-electron chi connectivity index (χ0n) is 14.0. The van der Waals surface area contributed by atoms with Crippen molar-refractivity contribution in [3.8, 4) is 11.8 Å². The lowest BCUT2D eigenvalue weighted by Gasteiger charge is -2.13. The zero-order valence-corrected chi connectivity index (χ0v) is 14.0. The summed E-state index contributed by atoms with van der Waals surface area (Å²) in [6, 6.07) is 0. The van der Waals surface area contributed by atoms with Crippen LogP contribution in [-0.2, 0) is 18.9 Å². The molecule has 1 fully saturated rings. The standard InChI is InChI=1S/C16H24N4O3/c1-10(2)5-6-14(22)17-9-12-7-11(8-13(12)21)15-18-20(4)16(23)19(15)3/h10-13,21H,7-9H2,1-4H3,(H,17,22)/t11-,12+,13+/m0/s1. The fourth-order valence-electron chi connectivity index (χ4n) is 2.94. The van der Waals surface area contributed by atoms with Gasteiger partial charge >= 0.3 is 5.69 Å². The smallest absolute Gasteiger partial charge is 0.345 e. The van der Waals surface area contributed by atoms with Gasteiger partial charge in [0.2, 0.25) is 0 Å². The molecule has 2 N–H and O–H groups in total. The summed E-state index contributed by atoms with van der Waals surface area (Å²) < 4.78 is 2.82. The molecule has 3 atom stereocenters. The van der Waals surface area contributed by atoms with Crippen LogP contribution in [0.5, 0.6) is 0 Å². The van der Waals surface area contributed by atoms with Gasteiger partial charge in [-0.2, -0.15) is 5.10 Å². The number of aromatic nitrogens is 3. The summed E-state index contributed by atoms with van der Waals surface area (Å²) in [7, 11) is 3.30. The third-order valence-electron chi connectivity index (χ3n) is 4.18. The van der Waals surface area contributed by atoms with Crippen molar-refractivity contribution in [2.45, 2.75) is 38.7 Å². The summed E-state index contributed by atoms with van der Waals surface area (Å²) in [6.45, 7) is 4.22. The average molecular weight is 320 g/mol. The minimum absolute atomic E-state index is 0.0209. The number of amides is 1. The van der Waals surface area contributed by atoms with Crippen LogP contribution < -0.4 is 11.0 Å². The van der Waals surface area contributed by atoms with E-state index in [0.717, 1.165) is 0 Å². The van der Waals surface area contributed by atoms with Crippen molar-refractivity contribution in [1.82, 2.24) is 19.7 Å². The first-order valence-electron chi connectivity index (χ1n) is 7.87. The molecule has 0 unspecified atom stereocenters. The molecule has 0 radical (unpaired) electrons. The van der Waals surface area contributed by atoms with E-state index >= 15 is 0 Å². The van der Waals surface area contributed by atoms with Gasteiger partial charge in [0, 0.05) is 38.4 Å². The molecule has 0 spiro atoms. The quantitative estimate of drug-likeness (QED) is 0.752. The maximum atomic E-state index is 11.8. The van der Waals surface area contributed by atoms with Gasteiger partial charge < -0.3 is 10.4 Å². The van der Waals surface area contributed by atoms with Crippen LogP contribution in [0.2, 0.25) is 0 Å². The fourth-order valence-corrected chi connectivity index (χ4v) is 2.94. The molecule has 1 amide bonds. The first-order valence-corrected chi connectivity index (χ1v) is 7.87. The highest BCUT2D eigenvalue weighted by molar-refractivity contribution is 5.93. The monoisotopic (exact) mass is 320 g/mol. The van der Waals surface area contributed by atoms with E-state index in [1.807, 2.05) is 13.8 Å². The van der Waals surface area contributed by atoms with Gasteiger partial charge in [-0.25, -0.2) is 9.48 Å². The highest BCUT2D eigenvalue weighted by Gasteiger charge is 2.36. The molecule has 7 nitrogen and oxygen atoms in total. The summed E-state index contributed by atoms with van der Waals surface area (Å²) in [5.74, 6) is 5.83. The molecule has 1 saturated carbocycles. The number of nitrogens with one attached hydrogen (secondary N) is 1. The summed E-state index contributed by atoms with van der Waals surface area (Å²) in [4.78, 5) is 23.4. The van der Waals surface area contributed by atoms with E-state index < -0.39 is 6.10 Å². The van der Waals surface area contributed by atoms with Gasteiger partial charge in [-0.15, -0.1) is 0 Å². The Labute approximate surface area is 135 Å². The van der Waals surface area contributed by atoms with E-state index in [2.05, 4.69) is 22.3 Å². The minimum Gasteiger partial charge on any atom is -0.393 e. The van der Waals surface area contributed by atoms with E-state index in [1.165, 1.54) is 9.25 Å². The number of nitrogens with zero attached hydrogens (tertiary/aromatic N) is 3. The second kappa shape index (κ2) is 7.01. The second-order valence-electron chi connectivity index (χ2n) is 6.45. The Bertz CT molecular complexity index is 692. The molecular weight excluding hydrogens is 296 g/mol. The Balaban J connectivity index is 1.97. The Kier molecular flexibility index (Phi) is 5.26. The van der Waals surface area contributed by atoms with Crippen LogP contribution in [0.1, 0.15) is 38.4 Å². The van der Waals surface area contributed by atoms with E-state index in [-0.39, 0.29) is 29.4 Å². The number of aryl methyl sites for hydroxylation is 1. The molecule has 0 bridgehead atoms. The topological polar surface area (TPSA) is 89.2 Å². The Morgan fingerprint density at radius 1 is 1.43 bits per heavy atom. The highest BCUT2D eigenvalue weighted by atomic mass is 16.3. The molecule has 0 aromatic carbocycles. The molecule has 1 aromatic heterocycles. The van der Waals surface area contributed by atoms with Crippen LogP contribution in [0.3, 0.4) is 0 Å². The highest BCUT2D eigenvalue weighted by Crippen LogP contribution is 2.36. The number of rotatable bonds is 3. The lowest BCUT2D eigenvalue weighted by atomic mass is 10.0. The number of carbonyl (C=O) groups is 1. The molecule has 7 heteroatoms. The van der Waals surface area contributed by atoms with Crippen LogP contribution in [0.15, 0.2) is 4.79 Å². The third-order valence-corrected chi connectivity index (χ3v) is 4.18. The maximum Gasteiger partial charge on any atom is 0.345 e. The Morgan fingerprint density at radius 2 is 2.13 bits per heavy atom. The number of aliphatic hydroxyl groups is 1. The van der Waals surface area contributed by atoms with Crippen molar-refractivity contribution in [3.63, 3.8) is 0 Å². The van der Waals surface area contributed by atoms with Gasteiger partial charge in [-0.05, 0) is 18.8 Å². The third kappa shape index (κ3) is 4.02. The Morgan fingerprint density at radius 3 is 2.70 bits per heavy atom. The van der Waals surface area contributed by atoms with E-state index in [1.54, 1.807) is 14.1 Å². The molecule has 1 aliphatic rings. The predicted octanol–water partition coefficient (Wildman–Crippen LogP) is -0.251. The molecule has 126 valence electrons. The fraction of sp³-hybridized carbons (Fsp3) is 0.688. The van der Waals surface area contributed by atoms with Gasteiger partial charge in [-0.1, -0.05) is 19.8 Å². The van der Waals surface area contributed by atoms with Crippen molar-refractivity contribution < 1.29 is 9.90 Å². The summed E-state index contributed by atoms with van der Waals surface area (Å²) in [5.41, 5.74) is -0.171. The lowest BCUT2D eigenvalue weighted by Crippen LogP contribution is -2.31. The molecule has 1 aliphatic carbocycles. The molecule has 0 aliphatic heterocycles. The lowest BCUT2D eigenvalue weighted by molar-refractivity contribution is -0.116. The van der Waals surface area contributed by atoms with E-state index in [0.29, 0.717) is 25.2 Å². The minimum atomic E-state index is -0.518. The van der Waals surface area contributed by atoms with Crippen molar-refractivity contribution >= 4 is 5.91 Å². The molecule has 2 rings (SSSR count). The van der Waals surface area contributed by atoms with E-state index in [9.17, 15) is 14.7 Å². The predicted molar refractivity (Wildman–Crippen MR) is 85.5 cm³/mol. The summed E-state index contributed by atoms with van der Waals surface area (Å²) in [5, 5.41) is 17.2. The van der Waals surface area contributed by atoms with Gasteiger partial charge in [0.05, 0.1) is 6.10 Å². The molecular formula is C16H24N4O3. The Hall–Kier alpha value is -2.07. The first kappa shape index (κ1) is 17.3. The average Bonchev–Trinajstić information content (AvgIpc) is 2.98. The number of hydrogen-bond donors (Lipinski definition) is 2. The number of aliphatic hydroxyl groups excluding tert-OH is 1. The molecule has 23 heavy (non-hydrogen) atoms.